The average Bonchev–Trinajstić information content (AvgIpc) is 2.87. The molecular formula is C13H27Cl2N5O. The number of rotatable bonds is 7. The lowest BCUT2D eigenvalue weighted by Crippen LogP contribution is -2.45. The Labute approximate surface area is 139 Å². The van der Waals surface area contributed by atoms with E-state index in [9.17, 15) is 4.79 Å². The highest BCUT2D eigenvalue weighted by Crippen LogP contribution is 2.25. The lowest BCUT2D eigenvalue weighted by molar-refractivity contribution is -0.131. The predicted octanol–water partition coefficient (Wildman–Crippen LogP) is 2.08. The van der Waals surface area contributed by atoms with E-state index in [-0.39, 0.29) is 36.8 Å². The van der Waals surface area contributed by atoms with E-state index in [1.807, 2.05) is 18.4 Å². The van der Waals surface area contributed by atoms with Gasteiger partial charge in [-0.2, -0.15) is 0 Å². The van der Waals surface area contributed by atoms with Gasteiger partial charge in [0.2, 0.25) is 5.91 Å². The first-order valence-electron chi connectivity index (χ1n) is 6.87. The molecule has 0 fully saturated rings. The molecule has 21 heavy (non-hydrogen) atoms. The summed E-state index contributed by atoms with van der Waals surface area (Å²) in [6.07, 6.45) is 3.16. The van der Waals surface area contributed by atoms with Crippen LogP contribution in [0.2, 0.25) is 0 Å². The molecule has 0 saturated carbocycles. The van der Waals surface area contributed by atoms with Gasteiger partial charge in [-0.1, -0.05) is 13.8 Å². The molecule has 6 nitrogen and oxygen atoms in total. The fourth-order valence-corrected chi connectivity index (χ4v) is 2.12. The Balaban J connectivity index is 0. The standard InChI is InChI=1S/C13H25N5O.2ClH/c1-5-13(6-2,8-14)12(19)15-7-11-17-16-9-18(11)10(3)4;;/h9-10H,5-8,14H2,1-4H3,(H,15,19);2*1H. The molecule has 1 amide bonds. The molecule has 0 atom stereocenters. The molecule has 0 aliphatic heterocycles. The zero-order chi connectivity index (χ0) is 14.5. The van der Waals surface area contributed by atoms with Crippen molar-refractivity contribution in [3.8, 4) is 0 Å². The summed E-state index contributed by atoms with van der Waals surface area (Å²) in [7, 11) is 0. The molecule has 0 aliphatic carbocycles. The van der Waals surface area contributed by atoms with Crippen LogP contribution in [0.1, 0.15) is 52.4 Å². The summed E-state index contributed by atoms with van der Waals surface area (Å²) in [6, 6.07) is 0.276. The molecular weight excluding hydrogens is 313 g/mol. The number of halogens is 2. The minimum absolute atomic E-state index is 0. The van der Waals surface area contributed by atoms with E-state index >= 15 is 0 Å². The first-order chi connectivity index (χ1) is 9.00. The summed E-state index contributed by atoms with van der Waals surface area (Å²) < 4.78 is 1.95. The number of carbonyl (C=O) groups excluding carboxylic acids is 1. The molecule has 8 heteroatoms. The quantitative estimate of drug-likeness (QED) is 0.796. The van der Waals surface area contributed by atoms with Gasteiger partial charge in [-0.25, -0.2) is 0 Å². The van der Waals surface area contributed by atoms with Crippen molar-refractivity contribution in [3.05, 3.63) is 12.2 Å². The van der Waals surface area contributed by atoms with E-state index in [2.05, 4.69) is 29.4 Å². The highest BCUT2D eigenvalue weighted by Gasteiger charge is 2.33. The van der Waals surface area contributed by atoms with Gasteiger partial charge >= 0.3 is 0 Å². The molecule has 0 aromatic carbocycles. The van der Waals surface area contributed by atoms with Crippen molar-refractivity contribution in [2.24, 2.45) is 11.1 Å². The zero-order valence-electron chi connectivity index (χ0n) is 13.1. The van der Waals surface area contributed by atoms with Crippen molar-refractivity contribution in [1.29, 1.82) is 0 Å². The number of nitrogens with zero attached hydrogens (tertiary/aromatic N) is 3. The maximum Gasteiger partial charge on any atom is 0.227 e. The zero-order valence-corrected chi connectivity index (χ0v) is 14.8. The minimum Gasteiger partial charge on any atom is -0.348 e. The van der Waals surface area contributed by atoms with E-state index < -0.39 is 5.41 Å². The van der Waals surface area contributed by atoms with Gasteiger partial charge in [-0.15, -0.1) is 35.0 Å². The van der Waals surface area contributed by atoms with Gasteiger partial charge in [0.15, 0.2) is 5.82 Å². The molecule has 0 unspecified atom stereocenters. The average molecular weight is 340 g/mol. The van der Waals surface area contributed by atoms with E-state index in [0.29, 0.717) is 13.1 Å². The smallest absolute Gasteiger partial charge is 0.227 e. The second kappa shape index (κ2) is 9.97. The lowest BCUT2D eigenvalue weighted by atomic mass is 9.81. The van der Waals surface area contributed by atoms with Gasteiger partial charge in [0.1, 0.15) is 6.33 Å². The second-order valence-electron chi connectivity index (χ2n) is 5.12. The van der Waals surface area contributed by atoms with Gasteiger partial charge < -0.3 is 15.6 Å². The summed E-state index contributed by atoms with van der Waals surface area (Å²) in [5.74, 6) is 0.764. The Hall–Kier alpha value is -0.850. The fraction of sp³-hybridized carbons (Fsp3) is 0.769. The molecule has 0 aliphatic rings. The monoisotopic (exact) mass is 339 g/mol. The molecule has 0 radical (unpaired) electrons. The van der Waals surface area contributed by atoms with E-state index in [1.165, 1.54) is 0 Å². The van der Waals surface area contributed by atoms with Gasteiger partial charge in [0.25, 0.3) is 0 Å². The van der Waals surface area contributed by atoms with Crippen LogP contribution in [0, 0.1) is 5.41 Å². The van der Waals surface area contributed by atoms with Crippen LogP contribution in [0.5, 0.6) is 0 Å². The lowest BCUT2D eigenvalue weighted by Gasteiger charge is -2.28. The summed E-state index contributed by atoms with van der Waals surface area (Å²) in [5, 5.41) is 10.8. The van der Waals surface area contributed by atoms with Gasteiger partial charge in [-0.3, -0.25) is 4.79 Å². The number of carbonyl (C=O) groups is 1. The van der Waals surface area contributed by atoms with Crippen LogP contribution in [0.15, 0.2) is 6.33 Å². The summed E-state index contributed by atoms with van der Waals surface area (Å²) in [5.41, 5.74) is 5.29. The molecule has 1 aromatic heterocycles. The van der Waals surface area contributed by atoms with Gasteiger partial charge in [0, 0.05) is 12.6 Å². The first-order valence-corrected chi connectivity index (χ1v) is 6.87. The highest BCUT2D eigenvalue weighted by molar-refractivity contribution is 5.85. The Morgan fingerprint density at radius 2 is 1.95 bits per heavy atom. The van der Waals surface area contributed by atoms with Gasteiger partial charge in [0.05, 0.1) is 12.0 Å². The number of nitrogens with two attached hydrogens (primary N) is 1. The minimum atomic E-state index is -0.470. The van der Waals surface area contributed by atoms with Crippen molar-refractivity contribution in [3.63, 3.8) is 0 Å². The van der Waals surface area contributed by atoms with Crippen LogP contribution in [0.3, 0.4) is 0 Å². The fourth-order valence-electron chi connectivity index (χ4n) is 2.12. The third-order valence-corrected chi connectivity index (χ3v) is 3.84. The maximum atomic E-state index is 12.3. The third kappa shape index (κ3) is 5.13. The topological polar surface area (TPSA) is 85.8 Å². The largest absolute Gasteiger partial charge is 0.348 e. The molecule has 0 bridgehead atoms. The maximum absolute atomic E-state index is 12.3. The number of hydrogen-bond donors (Lipinski definition) is 2. The van der Waals surface area contributed by atoms with Crippen LogP contribution in [0.25, 0.3) is 0 Å². The first kappa shape index (κ1) is 22.4. The second-order valence-corrected chi connectivity index (χ2v) is 5.12. The highest BCUT2D eigenvalue weighted by atomic mass is 35.5. The SMILES string of the molecule is CCC(CC)(CN)C(=O)NCc1nncn1C(C)C.Cl.Cl. The molecule has 1 aromatic rings. The normalized spacial score (nSPS) is 10.8. The van der Waals surface area contributed by atoms with Crippen LogP contribution < -0.4 is 11.1 Å². The van der Waals surface area contributed by atoms with Crippen LogP contribution >= 0.6 is 24.8 Å². The van der Waals surface area contributed by atoms with Crippen LogP contribution in [-0.2, 0) is 11.3 Å². The van der Waals surface area contributed by atoms with Crippen molar-refractivity contribution in [2.75, 3.05) is 6.54 Å². The van der Waals surface area contributed by atoms with Gasteiger partial charge in [-0.05, 0) is 26.7 Å². The summed E-state index contributed by atoms with van der Waals surface area (Å²) in [6.45, 7) is 8.84. The molecule has 0 spiro atoms. The summed E-state index contributed by atoms with van der Waals surface area (Å²) in [4.78, 5) is 12.3. The predicted molar refractivity (Wildman–Crippen MR) is 88.8 cm³/mol. The number of hydrogen-bond acceptors (Lipinski definition) is 4. The van der Waals surface area contributed by atoms with Crippen molar-refractivity contribution >= 4 is 30.7 Å². The van der Waals surface area contributed by atoms with Crippen molar-refractivity contribution in [1.82, 2.24) is 20.1 Å². The number of amides is 1. The molecule has 3 N–H and O–H groups in total. The molecule has 1 heterocycles. The Bertz CT molecular complexity index is 410. The molecule has 124 valence electrons. The van der Waals surface area contributed by atoms with Crippen molar-refractivity contribution in [2.45, 2.75) is 53.1 Å². The van der Waals surface area contributed by atoms with Crippen LogP contribution in [-0.4, -0.2) is 27.2 Å². The Morgan fingerprint density at radius 1 is 1.38 bits per heavy atom. The third-order valence-electron chi connectivity index (χ3n) is 3.84. The number of nitrogens with one attached hydrogen (secondary N) is 1. The summed E-state index contributed by atoms with van der Waals surface area (Å²) >= 11 is 0. The molecule has 1 rings (SSSR count). The molecule has 0 saturated heterocycles. The van der Waals surface area contributed by atoms with Crippen molar-refractivity contribution < 1.29 is 4.79 Å². The Morgan fingerprint density at radius 3 is 2.38 bits per heavy atom. The van der Waals surface area contributed by atoms with E-state index in [0.717, 1.165) is 18.7 Å². The van der Waals surface area contributed by atoms with Crippen LogP contribution in [0.4, 0.5) is 0 Å². The number of aromatic nitrogens is 3. The van der Waals surface area contributed by atoms with E-state index in [4.69, 9.17) is 5.73 Å². The van der Waals surface area contributed by atoms with E-state index in [1.54, 1.807) is 6.33 Å². The Kier molecular flexibility index (Phi) is 10.7.